The highest BCUT2D eigenvalue weighted by Gasteiger charge is 2.31. The van der Waals surface area contributed by atoms with E-state index >= 15 is 0 Å². The number of carbonyl (C=O) groups is 1. The molecule has 2 N–H and O–H groups in total. The van der Waals surface area contributed by atoms with Crippen molar-refractivity contribution in [3.8, 4) is 11.5 Å². The third kappa shape index (κ3) is 5.25. The van der Waals surface area contributed by atoms with Crippen molar-refractivity contribution in [1.82, 2.24) is 14.8 Å². The lowest BCUT2D eigenvalue weighted by Crippen LogP contribution is -2.28. The number of hydrogen-bond acceptors (Lipinski definition) is 6. The van der Waals surface area contributed by atoms with Gasteiger partial charge in [-0.1, -0.05) is 48.0 Å². The van der Waals surface area contributed by atoms with Crippen LogP contribution in [0.5, 0.6) is 11.5 Å². The van der Waals surface area contributed by atoms with Gasteiger partial charge in [0.05, 0.1) is 32.7 Å². The lowest BCUT2D eigenvalue weighted by Gasteiger charge is -2.31. The standard InChI is InChI=1S/C28H28FN5O3/c1-17-4-7-19(8-5-17)22-16-23(20-9-11-21(29)12-10-20)34-28(30-22)32-27(33-34)31-26(35)15-18-6-13-24(36-2)25(14-18)37-3/h4-14,22-23H,15-16H2,1-3H3,(H2,30,31,32,33,35)/t22-,23+/m1/s1. The molecular weight excluding hydrogens is 473 g/mol. The second-order valence-electron chi connectivity index (χ2n) is 9.03. The van der Waals surface area contributed by atoms with Gasteiger partial charge < -0.3 is 14.8 Å². The summed E-state index contributed by atoms with van der Waals surface area (Å²) in [4.78, 5) is 17.4. The number of ether oxygens (including phenoxy) is 2. The van der Waals surface area contributed by atoms with E-state index in [0.29, 0.717) is 23.9 Å². The maximum absolute atomic E-state index is 13.6. The van der Waals surface area contributed by atoms with E-state index in [1.807, 2.05) is 13.0 Å². The fraction of sp³-hybridized carbons (Fsp3) is 0.250. The summed E-state index contributed by atoms with van der Waals surface area (Å²) in [5.41, 5.74) is 3.97. The van der Waals surface area contributed by atoms with Gasteiger partial charge in [0.15, 0.2) is 11.5 Å². The highest BCUT2D eigenvalue weighted by Crippen LogP contribution is 2.38. The molecular formula is C28H28FN5O3. The molecule has 0 spiro atoms. The van der Waals surface area contributed by atoms with E-state index in [1.54, 1.807) is 43.2 Å². The normalized spacial score (nSPS) is 16.4. The number of carbonyl (C=O) groups excluding carboxylic acids is 1. The Bertz CT molecular complexity index is 1400. The van der Waals surface area contributed by atoms with Gasteiger partial charge in [0.25, 0.3) is 5.95 Å². The molecule has 0 saturated heterocycles. The molecule has 1 aromatic heterocycles. The van der Waals surface area contributed by atoms with Crippen LogP contribution in [0, 0.1) is 12.7 Å². The number of fused-ring (bicyclic) bond motifs is 1. The number of halogens is 1. The summed E-state index contributed by atoms with van der Waals surface area (Å²) in [6, 6.07) is 19.9. The number of hydrogen-bond donors (Lipinski definition) is 2. The van der Waals surface area contributed by atoms with Crippen LogP contribution in [0.25, 0.3) is 0 Å². The number of anilines is 2. The van der Waals surface area contributed by atoms with Gasteiger partial charge in [-0.05, 0) is 54.3 Å². The first-order chi connectivity index (χ1) is 17.9. The van der Waals surface area contributed by atoms with Crippen LogP contribution < -0.4 is 20.1 Å². The molecule has 1 aliphatic heterocycles. The Morgan fingerprint density at radius 3 is 2.43 bits per heavy atom. The second-order valence-corrected chi connectivity index (χ2v) is 9.03. The highest BCUT2D eigenvalue weighted by atomic mass is 19.1. The molecule has 0 unspecified atom stereocenters. The Kier molecular flexibility index (Phi) is 6.76. The molecule has 1 amide bonds. The van der Waals surface area contributed by atoms with E-state index in [1.165, 1.54) is 17.7 Å². The summed E-state index contributed by atoms with van der Waals surface area (Å²) in [6.07, 6.45) is 0.801. The largest absolute Gasteiger partial charge is 0.493 e. The lowest BCUT2D eigenvalue weighted by molar-refractivity contribution is -0.115. The summed E-state index contributed by atoms with van der Waals surface area (Å²) in [7, 11) is 3.11. The van der Waals surface area contributed by atoms with Gasteiger partial charge in [-0.15, -0.1) is 5.10 Å². The van der Waals surface area contributed by atoms with Crippen molar-refractivity contribution in [3.05, 3.63) is 94.8 Å². The van der Waals surface area contributed by atoms with Gasteiger partial charge in [0, 0.05) is 0 Å². The quantitative estimate of drug-likeness (QED) is 0.368. The van der Waals surface area contributed by atoms with Crippen LogP contribution >= 0.6 is 0 Å². The molecule has 0 aliphatic carbocycles. The number of nitrogens with one attached hydrogen (secondary N) is 2. The van der Waals surface area contributed by atoms with Crippen molar-refractivity contribution in [3.63, 3.8) is 0 Å². The molecule has 4 aromatic rings. The smallest absolute Gasteiger partial charge is 0.250 e. The van der Waals surface area contributed by atoms with Gasteiger partial charge in [-0.2, -0.15) is 4.98 Å². The third-order valence-electron chi connectivity index (χ3n) is 6.49. The van der Waals surface area contributed by atoms with Gasteiger partial charge in [-0.25, -0.2) is 9.07 Å². The van der Waals surface area contributed by atoms with Crippen molar-refractivity contribution < 1.29 is 18.7 Å². The summed E-state index contributed by atoms with van der Waals surface area (Å²) >= 11 is 0. The second kappa shape index (κ2) is 10.3. The van der Waals surface area contributed by atoms with Crippen molar-refractivity contribution in [1.29, 1.82) is 0 Å². The predicted octanol–water partition coefficient (Wildman–Crippen LogP) is 5.07. The Morgan fingerprint density at radius 2 is 1.73 bits per heavy atom. The number of benzene rings is 3. The SMILES string of the molecule is COc1ccc(CC(=O)Nc2nc3n(n2)[C@H](c2ccc(F)cc2)C[C@H](c2ccc(C)cc2)N3)cc1OC. The Morgan fingerprint density at radius 1 is 1.03 bits per heavy atom. The van der Waals surface area contributed by atoms with Crippen molar-refractivity contribution in [2.24, 2.45) is 0 Å². The molecule has 1 aliphatic rings. The van der Waals surface area contributed by atoms with Crippen LogP contribution in [0.2, 0.25) is 0 Å². The molecule has 0 bridgehead atoms. The van der Waals surface area contributed by atoms with Crippen LogP contribution in [0.1, 0.15) is 40.8 Å². The lowest BCUT2D eigenvalue weighted by atomic mass is 9.93. The first kappa shape index (κ1) is 24.3. The number of aryl methyl sites for hydroxylation is 1. The molecule has 0 fully saturated rings. The zero-order valence-corrected chi connectivity index (χ0v) is 20.9. The predicted molar refractivity (Wildman–Crippen MR) is 139 cm³/mol. The number of rotatable bonds is 7. The molecule has 5 rings (SSSR count). The first-order valence-electron chi connectivity index (χ1n) is 12.0. The number of nitrogens with zero attached hydrogens (tertiary/aromatic N) is 3. The summed E-state index contributed by atoms with van der Waals surface area (Å²) < 4.78 is 26.0. The average molecular weight is 502 g/mol. The molecule has 0 saturated carbocycles. The van der Waals surface area contributed by atoms with Gasteiger partial charge in [0.1, 0.15) is 5.82 Å². The van der Waals surface area contributed by atoms with Crippen molar-refractivity contribution in [2.75, 3.05) is 24.9 Å². The first-order valence-corrected chi connectivity index (χ1v) is 12.0. The minimum absolute atomic E-state index is 0.0253. The molecule has 37 heavy (non-hydrogen) atoms. The van der Waals surface area contributed by atoms with Gasteiger partial charge in [0.2, 0.25) is 11.9 Å². The maximum Gasteiger partial charge on any atom is 0.250 e. The maximum atomic E-state index is 13.6. The third-order valence-corrected chi connectivity index (χ3v) is 6.49. The van der Waals surface area contributed by atoms with Crippen LogP contribution in [-0.2, 0) is 11.2 Å². The van der Waals surface area contributed by atoms with E-state index in [0.717, 1.165) is 16.7 Å². The fourth-order valence-corrected chi connectivity index (χ4v) is 4.56. The summed E-state index contributed by atoms with van der Waals surface area (Å²) in [5.74, 6) is 1.32. The topological polar surface area (TPSA) is 90.3 Å². The number of aromatic nitrogens is 3. The van der Waals surface area contributed by atoms with Crippen molar-refractivity contribution >= 4 is 17.8 Å². The van der Waals surface area contributed by atoms with Gasteiger partial charge >= 0.3 is 0 Å². The zero-order valence-electron chi connectivity index (χ0n) is 20.9. The minimum Gasteiger partial charge on any atom is -0.493 e. The van der Waals surface area contributed by atoms with Crippen LogP contribution in [-0.4, -0.2) is 34.9 Å². The molecule has 2 heterocycles. The van der Waals surface area contributed by atoms with Crippen LogP contribution in [0.3, 0.4) is 0 Å². The van der Waals surface area contributed by atoms with Gasteiger partial charge in [-0.3, -0.25) is 10.1 Å². The van der Waals surface area contributed by atoms with E-state index < -0.39 is 0 Å². The molecule has 0 radical (unpaired) electrons. The molecule has 3 aromatic carbocycles. The average Bonchev–Trinajstić information content (AvgIpc) is 3.31. The highest BCUT2D eigenvalue weighted by molar-refractivity contribution is 5.90. The van der Waals surface area contributed by atoms with E-state index in [9.17, 15) is 9.18 Å². The van der Waals surface area contributed by atoms with Crippen LogP contribution in [0.4, 0.5) is 16.3 Å². The Labute approximate surface area is 214 Å². The number of methoxy groups -OCH3 is 2. The zero-order chi connectivity index (χ0) is 25.9. The van der Waals surface area contributed by atoms with Crippen molar-refractivity contribution in [2.45, 2.75) is 31.8 Å². The molecule has 2 atom stereocenters. The van der Waals surface area contributed by atoms with Crippen LogP contribution in [0.15, 0.2) is 66.7 Å². The van der Waals surface area contributed by atoms with E-state index in [2.05, 4.69) is 45.0 Å². The number of amides is 1. The summed E-state index contributed by atoms with van der Waals surface area (Å²) in [6.45, 7) is 2.05. The Balaban J connectivity index is 1.39. The monoisotopic (exact) mass is 501 g/mol. The minimum atomic E-state index is -0.297. The molecule has 9 heteroatoms. The molecule has 8 nitrogen and oxygen atoms in total. The van der Waals surface area contributed by atoms with E-state index in [4.69, 9.17) is 9.47 Å². The Hall–Kier alpha value is -4.40. The van der Waals surface area contributed by atoms with E-state index in [-0.39, 0.29) is 36.2 Å². The fourth-order valence-electron chi connectivity index (χ4n) is 4.56. The summed E-state index contributed by atoms with van der Waals surface area (Å²) in [5, 5.41) is 10.8. The molecule has 190 valence electrons.